The van der Waals surface area contributed by atoms with E-state index in [2.05, 4.69) is 10.0 Å². The summed E-state index contributed by atoms with van der Waals surface area (Å²) in [7, 11) is -3.60. The molecule has 2 rings (SSSR count). The first-order valence-corrected chi connectivity index (χ1v) is 10.5. The zero-order valence-corrected chi connectivity index (χ0v) is 17.4. The van der Waals surface area contributed by atoms with Gasteiger partial charge in [-0.25, -0.2) is 13.1 Å². The molecule has 0 aliphatic rings. The average molecular weight is 420 g/mol. The van der Waals surface area contributed by atoms with E-state index in [1.165, 1.54) is 18.2 Å². The van der Waals surface area contributed by atoms with E-state index in [-0.39, 0.29) is 29.9 Å². The van der Waals surface area contributed by atoms with E-state index in [4.69, 9.17) is 10.5 Å². The molecule has 9 heteroatoms. The van der Waals surface area contributed by atoms with E-state index in [9.17, 15) is 18.0 Å². The maximum absolute atomic E-state index is 12.2. The molecule has 2 aromatic rings. The number of benzene rings is 2. The Hall–Kier alpha value is -2.91. The van der Waals surface area contributed by atoms with Crippen molar-refractivity contribution in [1.29, 1.82) is 0 Å². The summed E-state index contributed by atoms with van der Waals surface area (Å²) in [6, 6.07) is 11.0. The normalized spacial score (nSPS) is 11.3. The van der Waals surface area contributed by atoms with Gasteiger partial charge in [0.25, 0.3) is 5.91 Å². The molecular weight excluding hydrogens is 394 g/mol. The Kier molecular flexibility index (Phi) is 7.35. The molecule has 2 amide bonds. The van der Waals surface area contributed by atoms with Gasteiger partial charge < -0.3 is 15.8 Å². The fraction of sp³-hybridized carbons (Fsp3) is 0.300. The van der Waals surface area contributed by atoms with E-state index in [1.807, 2.05) is 0 Å². The molecule has 0 bridgehead atoms. The zero-order chi connectivity index (χ0) is 21.6. The van der Waals surface area contributed by atoms with Crippen molar-refractivity contribution in [3.63, 3.8) is 0 Å². The molecule has 2 aromatic carbocycles. The van der Waals surface area contributed by atoms with Gasteiger partial charge >= 0.3 is 0 Å². The predicted molar refractivity (Wildman–Crippen MR) is 110 cm³/mol. The number of aryl methyl sites for hydroxylation is 1. The third kappa shape index (κ3) is 6.88. The summed E-state index contributed by atoms with van der Waals surface area (Å²) in [5, 5.41) is 2.68. The molecule has 156 valence electrons. The third-order valence-electron chi connectivity index (χ3n) is 3.82. The lowest BCUT2D eigenvalue weighted by Crippen LogP contribution is -2.30. The molecule has 0 aliphatic heterocycles. The fourth-order valence-electron chi connectivity index (χ4n) is 2.58. The Morgan fingerprint density at radius 1 is 1.10 bits per heavy atom. The number of hydrogen-bond donors (Lipinski definition) is 3. The van der Waals surface area contributed by atoms with Gasteiger partial charge in [0.15, 0.2) is 6.61 Å². The zero-order valence-electron chi connectivity index (χ0n) is 16.6. The van der Waals surface area contributed by atoms with Crippen molar-refractivity contribution in [1.82, 2.24) is 4.72 Å². The smallest absolute Gasteiger partial charge is 0.262 e. The van der Waals surface area contributed by atoms with Crippen LogP contribution in [0.25, 0.3) is 0 Å². The quantitative estimate of drug-likeness (QED) is 0.570. The number of sulfonamides is 1. The number of rotatable bonds is 9. The first-order chi connectivity index (χ1) is 13.6. The summed E-state index contributed by atoms with van der Waals surface area (Å²) in [5.74, 6) is -0.380. The van der Waals surface area contributed by atoms with Crippen molar-refractivity contribution >= 4 is 27.5 Å². The number of ether oxygens (including phenoxy) is 1. The van der Waals surface area contributed by atoms with Crippen molar-refractivity contribution in [2.75, 3.05) is 11.9 Å². The van der Waals surface area contributed by atoms with Gasteiger partial charge in [-0.2, -0.15) is 0 Å². The topological polar surface area (TPSA) is 128 Å². The van der Waals surface area contributed by atoms with Gasteiger partial charge in [-0.3, -0.25) is 9.59 Å². The molecule has 8 nitrogen and oxygen atoms in total. The van der Waals surface area contributed by atoms with Gasteiger partial charge in [0.1, 0.15) is 5.75 Å². The lowest BCUT2D eigenvalue weighted by Gasteiger charge is -2.13. The van der Waals surface area contributed by atoms with Gasteiger partial charge in [0.2, 0.25) is 15.9 Å². The molecule has 4 N–H and O–H groups in total. The highest BCUT2D eigenvalue weighted by molar-refractivity contribution is 7.89. The van der Waals surface area contributed by atoms with E-state index < -0.39 is 15.9 Å². The monoisotopic (exact) mass is 419 g/mol. The summed E-state index contributed by atoms with van der Waals surface area (Å²) < 4.78 is 32.5. The van der Waals surface area contributed by atoms with Crippen LogP contribution in [0.4, 0.5) is 5.69 Å². The number of carbonyl (C=O) groups excluding carboxylic acids is 2. The minimum atomic E-state index is -3.60. The van der Waals surface area contributed by atoms with Crippen molar-refractivity contribution in [3.05, 3.63) is 53.6 Å². The van der Waals surface area contributed by atoms with Gasteiger partial charge in [-0.1, -0.05) is 12.1 Å². The molecule has 0 spiro atoms. The van der Waals surface area contributed by atoms with Gasteiger partial charge in [0.05, 0.1) is 11.3 Å². The minimum absolute atomic E-state index is 0.134. The molecule has 0 fully saturated rings. The number of anilines is 1. The second-order valence-electron chi connectivity index (χ2n) is 6.88. The highest BCUT2D eigenvalue weighted by atomic mass is 32.2. The van der Waals surface area contributed by atoms with Crippen molar-refractivity contribution in [3.8, 4) is 5.75 Å². The van der Waals surface area contributed by atoms with E-state index >= 15 is 0 Å². The molecule has 0 heterocycles. The predicted octanol–water partition coefficient (Wildman–Crippen LogP) is 1.73. The van der Waals surface area contributed by atoms with E-state index in [1.54, 1.807) is 45.0 Å². The molecule has 0 radical (unpaired) electrons. The van der Waals surface area contributed by atoms with Crippen LogP contribution in [-0.2, 0) is 26.0 Å². The molecule has 0 aromatic heterocycles. The molecule has 0 saturated heterocycles. The van der Waals surface area contributed by atoms with Crippen LogP contribution in [0.2, 0.25) is 0 Å². The molecule has 0 atom stereocenters. The largest absolute Gasteiger partial charge is 0.483 e. The van der Waals surface area contributed by atoms with Crippen LogP contribution in [-0.4, -0.2) is 32.9 Å². The third-order valence-corrected chi connectivity index (χ3v) is 5.48. The van der Waals surface area contributed by atoms with Crippen LogP contribution in [0, 0.1) is 6.92 Å². The summed E-state index contributed by atoms with van der Waals surface area (Å²) in [4.78, 5) is 23.1. The van der Waals surface area contributed by atoms with E-state index in [0.29, 0.717) is 17.0 Å². The van der Waals surface area contributed by atoms with Crippen molar-refractivity contribution in [2.24, 2.45) is 5.73 Å². The van der Waals surface area contributed by atoms with Crippen LogP contribution in [0.1, 0.15) is 25.0 Å². The molecule has 0 saturated carbocycles. The second kappa shape index (κ2) is 9.53. The minimum Gasteiger partial charge on any atom is -0.483 e. The maximum Gasteiger partial charge on any atom is 0.262 e. The average Bonchev–Trinajstić information content (AvgIpc) is 2.61. The number of nitrogens with one attached hydrogen (secondary N) is 2. The highest BCUT2D eigenvalue weighted by Crippen LogP contribution is 2.22. The van der Waals surface area contributed by atoms with Crippen molar-refractivity contribution < 1.29 is 22.7 Å². The molecule has 29 heavy (non-hydrogen) atoms. The van der Waals surface area contributed by atoms with Crippen LogP contribution in [0.5, 0.6) is 5.75 Å². The van der Waals surface area contributed by atoms with Crippen molar-refractivity contribution in [2.45, 2.75) is 38.1 Å². The van der Waals surface area contributed by atoms with Crippen LogP contribution in [0.15, 0.2) is 47.4 Å². The van der Waals surface area contributed by atoms with Crippen LogP contribution < -0.4 is 20.5 Å². The Labute approximate surface area is 170 Å². The Morgan fingerprint density at radius 3 is 2.31 bits per heavy atom. The summed E-state index contributed by atoms with van der Waals surface area (Å²) >= 11 is 0. The lowest BCUT2D eigenvalue weighted by atomic mass is 10.1. The summed E-state index contributed by atoms with van der Waals surface area (Å²) in [5.41, 5.74) is 7.05. The number of hydrogen-bond acceptors (Lipinski definition) is 5. The molecule has 0 aliphatic carbocycles. The Bertz CT molecular complexity index is 986. The summed E-state index contributed by atoms with van der Waals surface area (Å²) in [6.07, 6.45) is 0.134. The van der Waals surface area contributed by atoms with E-state index in [0.717, 1.165) is 5.56 Å². The second-order valence-corrected chi connectivity index (χ2v) is 8.59. The number of nitrogens with two attached hydrogens (primary N) is 1. The van der Waals surface area contributed by atoms with Crippen LogP contribution in [0.3, 0.4) is 0 Å². The van der Waals surface area contributed by atoms with Crippen LogP contribution >= 0.6 is 0 Å². The van der Waals surface area contributed by atoms with Gasteiger partial charge in [0, 0.05) is 11.7 Å². The standard InChI is InChI=1S/C20H25N3O5S/c1-13(2)23-29(26,27)17-8-9-18(14(3)10-17)28-12-20(25)22-16-6-4-15(5-7-16)11-19(21)24/h4-10,13,23H,11-12H2,1-3H3,(H2,21,24)(H,22,25). The SMILES string of the molecule is Cc1cc(S(=O)(=O)NC(C)C)ccc1OCC(=O)Nc1ccc(CC(N)=O)cc1. The Morgan fingerprint density at radius 2 is 1.76 bits per heavy atom. The summed E-state index contributed by atoms with van der Waals surface area (Å²) in [6.45, 7) is 4.96. The first-order valence-electron chi connectivity index (χ1n) is 8.99. The number of amides is 2. The van der Waals surface area contributed by atoms with Gasteiger partial charge in [-0.05, 0) is 62.2 Å². The highest BCUT2D eigenvalue weighted by Gasteiger charge is 2.17. The molecule has 0 unspecified atom stereocenters. The van der Waals surface area contributed by atoms with Gasteiger partial charge in [-0.15, -0.1) is 0 Å². The number of primary amides is 1. The molecular formula is C20H25N3O5S. The lowest BCUT2D eigenvalue weighted by molar-refractivity contribution is -0.118. The fourth-order valence-corrected chi connectivity index (χ4v) is 3.91. The Balaban J connectivity index is 1.95. The first kappa shape index (κ1) is 22.4. The number of carbonyl (C=O) groups is 2. The maximum atomic E-state index is 12.2.